The van der Waals surface area contributed by atoms with E-state index in [2.05, 4.69) is 22.2 Å². The van der Waals surface area contributed by atoms with E-state index < -0.39 is 5.60 Å². The maximum absolute atomic E-state index is 11.8. The van der Waals surface area contributed by atoms with Gasteiger partial charge in [0.05, 0.1) is 16.9 Å². The van der Waals surface area contributed by atoms with Gasteiger partial charge in [-0.2, -0.15) is 5.10 Å². The van der Waals surface area contributed by atoms with Gasteiger partial charge in [0.15, 0.2) is 0 Å². The van der Waals surface area contributed by atoms with Crippen LogP contribution in [0.3, 0.4) is 0 Å². The molecule has 1 aromatic heterocycles. The molecule has 0 saturated heterocycles. The summed E-state index contributed by atoms with van der Waals surface area (Å²) in [7, 11) is 0. The van der Waals surface area contributed by atoms with E-state index in [1.165, 1.54) is 16.8 Å². The summed E-state index contributed by atoms with van der Waals surface area (Å²) in [5, 5.41) is 16.8. The molecule has 1 unspecified atom stereocenters. The zero-order valence-electron chi connectivity index (χ0n) is 15.0. The van der Waals surface area contributed by atoms with Crippen LogP contribution in [0.15, 0.2) is 72.1 Å². The fraction of sp³-hybridized carbons (Fsp3) is 0.333. The van der Waals surface area contributed by atoms with Crippen LogP contribution in [0.5, 0.6) is 0 Å². The Labute approximate surface area is 168 Å². The number of hydrogen-bond acceptors (Lipinski definition) is 4. The van der Waals surface area contributed by atoms with Crippen LogP contribution in [0.2, 0.25) is 5.02 Å². The Morgan fingerprint density at radius 2 is 1.85 bits per heavy atom. The maximum atomic E-state index is 11.8. The fourth-order valence-corrected chi connectivity index (χ4v) is 5.06. The van der Waals surface area contributed by atoms with Gasteiger partial charge in [-0.05, 0) is 55.5 Å². The second kappa shape index (κ2) is 7.66. The van der Waals surface area contributed by atoms with Crippen molar-refractivity contribution in [2.45, 2.75) is 47.5 Å². The van der Waals surface area contributed by atoms with Gasteiger partial charge < -0.3 is 5.11 Å². The molecule has 1 aliphatic rings. The molecule has 140 valence electrons. The second-order valence-corrected chi connectivity index (χ2v) is 9.05. The van der Waals surface area contributed by atoms with E-state index in [-0.39, 0.29) is 4.75 Å². The number of hydrogen-bond donors (Lipinski definition) is 1. The highest BCUT2D eigenvalue weighted by Crippen LogP contribution is 2.59. The van der Waals surface area contributed by atoms with Crippen LogP contribution < -0.4 is 0 Å². The van der Waals surface area contributed by atoms with E-state index in [4.69, 9.17) is 11.6 Å². The summed E-state index contributed by atoms with van der Waals surface area (Å²) >= 11 is 7.79. The lowest BCUT2D eigenvalue weighted by molar-refractivity contribution is 0.00177. The second-order valence-electron chi connectivity index (χ2n) is 7.16. The molecule has 0 aliphatic heterocycles. The number of benzene rings is 2. The van der Waals surface area contributed by atoms with E-state index >= 15 is 0 Å². The summed E-state index contributed by atoms with van der Waals surface area (Å²) in [6, 6.07) is 18.2. The average molecular weight is 400 g/mol. The molecule has 0 spiro atoms. The highest BCUT2D eigenvalue weighted by Gasteiger charge is 2.59. The molecule has 0 bridgehead atoms. The lowest BCUT2D eigenvalue weighted by Crippen LogP contribution is -2.46. The van der Waals surface area contributed by atoms with E-state index in [9.17, 15) is 5.11 Å². The first-order valence-electron chi connectivity index (χ1n) is 9.12. The largest absolute Gasteiger partial charge is 0.386 e. The van der Waals surface area contributed by atoms with Gasteiger partial charge in [-0.15, -0.1) is 11.8 Å². The van der Waals surface area contributed by atoms with Crippen molar-refractivity contribution in [2.24, 2.45) is 0 Å². The molecule has 1 atom stereocenters. The number of rotatable bonds is 8. The van der Waals surface area contributed by atoms with Gasteiger partial charge in [0.2, 0.25) is 0 Å². The minimum absolute atomic E-state index is 0.188. The number of aromatic nitrogens is 3. The summed E-state index contributed by atoms with van der Waals surface area (Å²) in [4.78, 5) is 5.23. The van der Waals surface area contributed by atoms with Crippen molar-refractivity contribution in [1.82, 2.24) is 14.8 Å². The predicted octanol–water partition coefficient (Wildman–Crippen LogP) is 4.62. The summed E-state index contributed by atoms with van der Waals surface area (Å²) in [5.41, 5.74) is 0.304. The van der Waals surface area contributed by atoms with E-state index in [0.29, 0.717) is 13.0 Å². The van der Waals surface area contributed by atoms with Gasteiger partial charge in [-0.3, -0.25) is 4.68 Å². The predicted molar refractivity (Wildman–Crippen MR) is 109 cm³/mol. The van der Waals surface area contributed by atoms with Crippen molar-refractivity contribution in [3.63, 3.8) is 0 Å². The molecule has 1 fully saturated rings. The van der Waals surface area contributed by atoms with Crippen LogP contribution in [0, 0.1) is 0 Å². The topological polar surface area (TPSA) is 50.9 Å². The average Bonchev–Trinajstić information content (AvgIpc) is 3.29. The van der Waals surface area contributed by atoms with Gasteiger partial charge >= 0.3 is 0 Å². The van der Waals surface area contributed by atoms with Gasteiger partial charge in [-0.25, -0.2) is 4.98 Å². The number of aryl methyl sites for hydroxylation is 1. The quantitative estimate of drug-likeness (QED) is 0.600. The molecule has 0 amide bonds. The first kappa shape index (κ1) is 18.5. The van der Waals surface area contributed by atoms with E-state index in [0.717, 1.165) is 24.3 Å². The van der Waals surface area contributed by atoms with Crippen LogP contribution in [0.4, 0.5) is 0 Å². The first-order chi connectivity index (χ1) is 13.1. The van der Waals surface area contributed by atoms with Crippen molar-refractivity contribution >= 4 is 23.4 Å². The molecule has 1 heterocycles. The Morgan fingerprint density at radius 1 is 1.11 bits per heavy atom. The summed E-state index contributed by atoms with van der Waals surface area (Å²) in [6.07, 6.45) is 6.64. The minimum Gasteiger partial charge on any atom is -0.386 e. The molecular formula is C21H22ClN3OS. The Balaban J connectivity index is 1.56. The molecule has 3 aromatic rings. The molecule has 1 N–H and O–H groups in total. The summed E-state index contributed by atoms with van der Waals surface area (Å²) in [6.45, 7) is 0.445. The fourth-order valence-electron chi connectivity index (χ4n) is 3.53. The SMILES string of the molecule is OC(CCc1ccc(Cl)cc1)(Cn1cncn1)C1(Sc2ccccc2)CC1. The zero-order chi connectivity index (χ0) is 18.7. The van der Waals surface area contributed by atoms with Crippen LogP contribution in [-0.2, 0) is 13.0 Å². The third-order valence-corrected chi connectivity index (χ3v) is 7.18. The lowest BCUT2D eigenvalue weighted by Gasteiger charge is -2.36. The normalized spacial score (nSPS) is 17.4. The number of nitrogens with zero attached hydrogens (tertiary/aromatic N) is 3. The third-order valence-electron chi connectivity index (χ3n) is 5.24. The highest BCUT2D eigenvalue weighted by molar-refractivity contribution is 8.01. The number of thioether (sulfide) groups is 1. The van der Waals surface area contributed by atoms with Crippen molar-refractivity contribution in [1.29, 1.82) is 0 Å². The van der Waals surface area contributed by atoms with Gasteiger partial charge in [0.1, 0.15) is 12.7 Å². The third kappa shape index (κ3) is 4.21. The molecule has 4 rings (SSSR count). The minimum atomic E-state index is -0.874. The Morgan fingerprint density at radius 3 is 2.48 bits per heavy atom. The summed E-state index contributed by atoms with van der Waals surface area (Å²) in [5.74, 6) is 0. The summed E-state index contributed by atoms with van der Waals surface area (Å²) < 4.78 is 1.56. The van der Waals surface area contributed by atoms with E-state index in [1.54, 1.807) is 22.8 Å². The van der Waals surface area contributed by atoms with Crippen LogP contribution in [-0.4, -0.2) is 30.2 Å². The molecule has 27 heavy (non-hydrogen) atoms. The first-order valence-corrected chi connectivity index (χ1v) is 10.3. The molecule has 1 aliphatic carbocycles. The van der Waals surface area contributed by atoms with Crippen molar-refractivity contribution < 1.29 is 5.11 Å². The van der Waals surface area contributed by atoms with Crippen LogP contribution >= 0.6 is 23.4 Å². The molecule has 0 radical (unpaired) electrons. The molecule has 4 nitrogen and oxygen atoms in total. The lowest BCUT2D eigenvalue weighted by atomic mass is 9.89. The van der Waals surface area contributed by atoms with Crippen molar-refractivity contribution in [3.05, 3.63) is 77.8 Å². The van der Waals surface area contributed by atoms with Gasteiger partial charge in [-0.1, -0.05) is 41.9 Å². The van der Waals surface area contributed by atoms with Gasteiger partial charge in [0, 0.05) is 9.92 Å². The van der Waals surface area contributed by atoms with Crippen LogP contribution in [0.25, 0.3) is 0 Å². The van der Waals surface area contributed by atoms with Crippen molar-refractivity contribution in [2.75, 3.05) is 0 Å². The van der Waals surface area contributed by atoms with Crippen LogP contribution in [0.1, 0.15) is 24.8 Å². The molecule has 2 aromatic carbocycles. The highest BCUT2D eigenvalue weighted by atomic mass is 35.5. The molecular weight excluding hydrogens is 378 g/mol. The molecule has 6 heteroatoms. The number of halogens is 1. The zero-order valence-corrected chi connectivity index (χ0v) is 16.5. The Bertz CT molecular complexity index is 866. The monoisotopic (exact) mass is 399 g/mol. The van der Waals surface area contributed by atoms with Crippen molar-refractivity contribution in [3.8, 4) is 0 Å². The maximum Gasteiger partial charge on any atom is 0.137 e. The Kier molecular flexibility index (Phi) is 5.26. The Hall–Kier alpha value is -1.82. The van der Waals surface area contributed by atoms with E-state index in [1.807, 2.05) is 42.5 Å². The smallest absolute Gasteiger partial charge is 0.137 e. The standard InChI is InChI=1S/C21H22ClN3OS/c22-18-8-6-17(7-9-18)10-11-20(26,14-25-16-23-15-24-25)21(12-13-21)27-19-4-2-1-3-5-19/h1-9,15-16,26H,10-14H2. The van der Waals surface area contributed by atoms with Gasteiger partial charge in [0.25, 0.3) is 0 Å². The number of aliphatic hydroxyl groups is 1. The molecule has 1 saturated carbocycles.